The molecule has 0 aliphatic carbocycles. The minimum atomic E-state index is -3.55. The van der Waals surface area contributed by atoms with E-state index in [1.54, 1.807) is 19.1 Å². The first-order chi connectivity index (χ1) is 14.4. The zero-order valence-corrected chi connectivity index (χ0v) is 19.7. The fourth-order valence-electron chi connectivity index (χ4n) is 2.54. The van der Waals surface area contributed by atoms with Crippen molar-refractivity contribution >= 4 is 26.0 Å². The molecule has 170 valence electrons. The molecule has 0 fully saturated rings. The summed E-state index contributed by atoms with van der Waals surface area (Å²) in [6.45, 7) is 1.67. The average molecular weight is 470 g/mol. The summed E-state index contributed by atoms with van der Waals surface area (Å²) >= 11 is 0. The monoisotopic (exact) mass is 469 g/mol. The number of hydrogen-bond acceptors (Lipinski definition) is 6. The molecule has 11 heteroatoms. The normalized spacial score (nSPS) is 12.2. The van der Waals surface area contributed by atoms with Crippen LogP contribution in [0, 0.1) is 6.92 Å². The van der Waals surface area contributed by atoms with Crippen molar-refractivity contribution in [2.24, 2.45) is 0 Å². The van der Waals surface area contributed by atoms with Gasteiger partial charge in [0.1, 0.15) is 5.75 Å². The zero-order valence-electron chi connectivity index (χ0n) is 18.1. The van der Waals surface area contributed by atoms with Gasteiger partial charge >= 0.3 is 0 Å². The van der Waals surface area contributed by atoms with Crippen molar-refractivity contribution in [2.45, 2.75) is 23.3 Å². The second-order valence-corrected chi connectivity index (χ2v) is 11.5. The Kier molecular flexibility index (Phi) is 7.82. The molecule has 9 nitrogen and oxygen atoms in total. The zero-order chi connectivity index (χ0) is 23.4. The Hall–Kier alpha value is -2.47. The third-order valence-electron chi connectivity index (χ3n) is 4.48. The summed E-state index contributed by atoms with van der Waals surface area (Å²) in [7, 11) is -1.22. The maximum Gasteiger partial charge on any atom is 0.258 e. The Bertz CT molecular complexity index is 1140. The van der Waals surface area contributed by atoms with Gasteiger partial charge in [-0.05, 0) is 48.4 Å². The van der Waals surface area contributed by atoms with Gasteiger partial charge in [0.25, 0.3) is 5.91 Å². The summed E-state index contributed by atoms with van der Waals surface area (Å²) in [5, 5.41) is 2.69. The SMILES string of the molecule is Cc1cc(S(=O)(=O)N(C)C)ccc1OCC(=O)NCc1ccc(S(=O)(=O)N(C)C)cc1. The maximum atomic E-state index is 12.2. The second-order valence-electron chi connectivity index (χ2n) is 7.21. The molecule has 0 atom stereocenters. The number of carbonyl (C=O) groups is 1. The van der Waals surface area contributed by atoms with E-state index in [4.69, 9.17) is 4.74 Å². The quantitative estimate of drug-likeness (QED) is 0.590. The molecule has 2 aromatic rings. The molecule has 0 spiro atoms. The fourth-order valence-corrected chi connectivity index (χ4v) is 4.43. The van der Waals surface area contributed by atoms with Crippen molar-refractivity contribution in [3.63, 3.8) is 0 Å². The number of amides is 1. The number of hydrogen-bond donors (Lipinski definition) is 1. The predicted octanol–water partition coefficient (Wildman–Crippen LogP) is 1.19. The first kappa shape index (κ1) is 24.8. The Morgan fingerprint density at radius 3 is 1.90 bits per heavy atom. The highest BCUT2D eigenvalue weighted by Crippen LogP contribution is 2.23. The first-order valence-electron chi connectivity index (χ1n) is 9.30. The highest BCUT2D eigenvalue weighted by atomic mass is 32.2. The van der Waals surface area contributed by atoms with Gasteiger partial charge in [-0.2, -0.15) is 0 Å². The Morgan fingerprint density at radius 1 is 0.871 bits per heavy atom. The summed E-state index contributed by atoms with van der Waals surface area (Å²) in [5.41, 5.74) is 1.33. The van der Waals surface area contributed by atoms with Crippen LogP contribution in [0.5, 0.6) is 5.75 Å². The third-order valence-corrected chi connectivity index (χ3v) is 8.12. The summed E-state index contributed by atoms with van der Waals surface area (Å²) < 4.78 is 56.2. The molecule has 0 radical (unpaired) electrons. The fraction of sp³-hybridized carbons (Fsp3) is 0.350. The van der Waals surface area contributed by atoms with E-state index in [0.717, 1.165) is 14.2 Å². The van der Waals surface area contributed by atoms with Crippen LogP contribution in [-0.4, -0.2) is 66.2 Å². The highest BCUT2D eigenvalue weighted by Gasteiger charge is 2.19. The van der Waals surface area contributed by atoms with E-state index in [-0.39, 0.29) is 28.8 Å². The van der Waals surface area contributed by atoms with Gasteiger partial charge in [0.2, 0.25) is 20.0 Å². The van der Waals surface area contributed by atoms with Gasteiger partial charge in [-0.15, -0.1) is 0 Å². The highest BCUT2D eigenvalue weighted by molar-refractivity contribution is 7.89. The Morgan fingerprint density at radius 2 is 1.39 bits per heavy atom. The number of ether oxygens (including phenoxy) is 1. The summed E-state index contributed by atoms with van der Waals surface area (Å²) in [4.78, 5) is 12.4. The molecule has 31 heavy (non-hydrogen) atoms. The van der Waals surface area contributed by atoms with Crippen LogP contribution < -0.4 is 10.1 Å². The lowest BCUT2D eigenvalue weighted by Gasteiger charge is -2.14. The van der Waals surface area contributed by atoms with Crippen LogP contribution >= 0.6 is 0 Å². The van der Waals surface area contributed by atoms with Crippen LogP contribution in [0.2, 0.25) is 0 Å². The third kappa shape index (κ3) is 6.03. The van der Waals surface area contributed by atoms with Crippen molar-refractivity contribution in [2.75, 3.05) is 34.8 Å². The molecule has 0 heterocycles. The van der Waals surface area contributed by atoms with Gasteiger partial charge in [-0.3, -0.25) is 4.79 Å². The van der Waals surface area contributed by atoms with Crippen molar-refractivity contribution in [1.82, 2.24) is 13.9 Å². The standard InChI is InChI=1S/C20H27N3O6S2/c1-15-12-18(31(27,28)23(4)5)10-11-19(15)29-14-20(24)21-13-16-6-8-17(9-7-16)30(25,26)22(2)3/h6-12H,13-14H2,1-5H3,(H,21,24). The summed E-state index contributed by atoms with van der Waals surface area (Å²) in [5.74, 6) is 0.0421. The smallest absolute Gasteiger partial charge is 0.258 e. The van der Waals surface area contributed by atoms with Crippen LogP contribution in [-0.2, 0) is 31.4 Å². The first-order valence-corrected chi connectivity index (χ1v) is 12.2. The van der Waals surface area contributed by atoms with E-state index >= 15 is 0 Å². The lowest BCUT2D eigenvalue weighted by molar-refractivity contribution is -0.123. The van der Waals surface area contributed by atoms with E-state index in [0.29, 0.717) is 11.3 Å². The van der Waals surface area contributed by atoms with E-state index in [9.17, 15) is 21.6 Å². The van der Waals surface area contributed by atoms with Gasteiger partial charge in [-0.25, -0.2) is 25.4 Å². The van der Waals surface area contributed by atoms with Gasteiger partial charge in [0.05, 0.1) is 9.79 Å². The Labute approximate surface area is 183 Å². The number of carbonyl (C=O) groups excluding carboxylic acids is 1. The van der Waals surface area contributed by atoms with E-state index < -0.39 is 20.0 Å². The summed E-state index contributed by atoms with van der Waals surface area (Å²) in [6.07, 6.45) is 0. The van der Waals surface area contributed by atoms with Crippen molar-refractivity contribution in [1.29, 1.82) is 0 Å². The molecule has 1 N–H and O–H groups in total. The van der Waals surface area contributed by atoms with Crippen LogP contribution in [0.25, 0.3) is 0 Å². The molecule has 2 aromatic carbocycles. The van der Waals surface area contributed by atoms with Crippen molar-refractivity contribution in [3.05, 3.63) is 53.6 Å². The molecule has 0 aromatic heterocycles. The molecular formula is C20H27N3O6S2. The van der Waals surface area contributed by atoms with Gasteiger partial charge in [0.15, 0.2) is 6.61 Å². The molecule has 0 aliphatic heterocycles. The minimum Gasteiger partial charge on any atom is -0.484 e. The number of nitrogens with zero attached hydrogens (tertiary/aromatic N) is 2. The predicted molar refractivity (Wildman–Crippen MR) is 117 cm³/mol. The molecule has 0 bridgehead atoms. The topological polar surface area (TPSA) is 113 Å². The van der Waals surface area contributed by atoms with E-state index in [2.05, 4.69) is 5.32 Å². The van der Waals surface area contributed by atoms with Crippen molar-refractivity contribution < 1.29 is 26.4 Å². The van der Waals surface area contributed by atoms with Gasteiger partial charge in [0, 0.05) is 34.7 Å². The number of nitrogens with one attached hydrogen (secondary N) is 1. The number of sulfonamides is 2. The van der Waals surface area contributed by atoms with Crippen molar-refractivity contribution in [3.8, 4) is 5.75 Å². The summed E-state index contributed by atoms with van der Waals surface area (Å²) in [6, 6.07) is 10.7. The lowest BCUT2D eigenvalue weighted by atomic mass is 10.2. The molecule has 1 amide bonds. The molecule has 0 aliphatic rings. The van der Waals surface area contributed by atoms with Crippen LogP contribution in [0.3, 0.4) is 0 Å². The van der Waals surface area contributed by atoms with Crippen LogP contribution in [0.4, 0.5) is 0 Å². The molecule has 0 unspecified atom stereocenters. The molecule has 0 saturated carbocycles. The molecule has 2 rings (SSSR count). The number of rotatable bonds is 9. The Balaban J connectivity index is 1.93. The van der Waals surface area contributed by atoms with E-state index in [1.807, 2.05) is 0 Å². The lowest BCUT2D eigenvalue weighted by Crippen LogP contribution is -2.28. The number of aryl methyl sites for hydroxylation is 1. The second kappa shape index (κ2) is 9.77. The van der Waals surface area contributed by atoms with Gasteiger partial charge < -0.3 is 10.1 Å². The average Bonchev–Trinajstić information content (AvgIpc) is 2.71. The van der Waals surface area contributed by atoms with Gasteiger partial charge in [-0.1, -0.05) is 12.1 Å². The minimum absolute atomic E-state index is 0.145. The van der Waals surface area contributed by atoms with Crippen LogP contribution in [0.15, 0.2) is 52.3 Å². The largest absolute Gasteiger partial charge is 0.484 e. The molecular weight excluding hydrogens is 442 g/mol. The van der Waals surface area contributed by atoms with Crippen LogP contribution in [0.1, 0.15) is 11.1 Å². The number of benzene rings is 2. The molecule has 0 saturated heterocycles. The maximum absolute atomic E-state index is 12.2. The van der Waals surface area contributed by atoms with E-state index in [1.165, 1.54) is 58.5 Å².